The first-order valence-corrected chi connectivity index (χ1v) is 7.51. The average molecular weight is 283 g/mol. The number of aryl methyl sites for hydroxylation is 2. The van der Waals surface area contributed by atoms with Crippen LogP contribution in [0.1, 0.15) is 29.2 Å². The van der Waals surface area contributed by atoms with E-state index in [4.69, 9.17) is 4.74 Å². The summed E-state index contributed by atoms with van der Waals surface area (Å²) in [6.07, 6.45) is 0.967. The molecular formula is C19H25NO. The monoisotopic (exact) mass is 283 g/mol. The van der Waals surface area contributed by atoms with E-state index < -0.39 is 0 Å². The maximum Gasteiger partial charge on any atom is 0.122 e. The molecule has 0 aliphatic rings. The molecule has 0 fully saturated rings. The summed E-state index contributed by atoms with van der Waals surface area (Å²) in [6.45, 7) is 7.41. The molecule has 0 radical (unpaired) electrons. The van der Waals surface area contributed by atoms with Gasteiger partial charge in [-0.25, -0.2) is 0 Å². The number of ether oxygens (including phenoxy) is 1. The fourth-order valence-electron chi connectivity index (χ4n) is 2.74. The zero-order valence-corrected chi connectivity index (χ0v) is 13.4. The van der Waals surface area contributed by atoms with Gasteiger partial charge in [0.15, 0.2) is 0 Å². The minimum Gasteiger partial charge on any atom is -0.496 e. The van der Waals surface area contributed by atoms with Gasteiger partial charge < -0.3 is 10.1 Å². The van der Waals surface area contributed by atoms with Gasteiger partial charge in [0.25, 0.3) is 0 Å². The van der Waals surface area contributed by atoms with E-state index in [1.165, 1.54) is 22.3 Å². The number of hydrogen-bond donors (Lipinski definition) is 1. The van der Waals surface area contributed by atoms with Crippen LogP contribution in [0.25, 0.3) is 0 Å². The number of rotatable bonds is 6. The average Bonchev–Trinajstić information content (AvgIpc) is 2.45. The largest absolute Gasteiger partial charge is 0.496 e. The zero-order valence-electron chi connectivity index (χ0n) is 13.4. The molecule has 21 heavy (non-hydrogen) atoms. The van der Waals surface area contributed by atoms with Crippen molar-refractivity contribution in [3.8, 4) is 5.75 Å². The lowest BCUT2D eigenvalue weighted by molar-refractivity contribution is 0.406. The van der Waals surface area contributed by atoms with Crippen LogP contribution in [0.3, 0.4) is 0 Å². The first kappa shape index (κ1) is 15.6. The highest BCUT2D eigenvalue weighted by atomic mass is 16.5. The third-order valence-corrected chi connectivity index (χ3v) is 3.65. The van der Waals surface area contributed by atoms with Gasteiger partial charge in [-0.15, -0.1) is 0 Å². The highest BCUT2D eigenvalue weighted by Gasteiger charge is 2.07. The summed E-state index contributed by atoms with van der Waals surface area (Å²) in [5, 5.41) is 3.60. The van der Waals surface area contributed by atoms with E-state index in [0.29, 0.717) is 6.04 Å². The fraction of sp³-hybridized carbons (Fsp3) is 0.368. The molecule has 0 saturated heterocycles. The summed E-state index contributed by atoms with van der Waals surface area (Å²) in [6, 6.07) is 15.3. The van der Waals surface area contributed by atoms with Crippen molar-refractivity contribution in [2.45, 2.75) is 39.8 Å². The maximum atomic E-state index is 5.41. The maximum absolute atomic E-state index is 5.41. The molecule has 2 rings (SSSR count). The predicted molar refractivity (Wildman–Crippen MR) is 88.9 cm³/mol. The van der Waals surface area contributed by atoms with Crippen molar-refractivity contribution < 1.29 is 4.74 Å². The number of hydrogen-bond acceptors (Lipinski definition) is 2. The van der Waals surface area contributed by atoms with E-state index in [2.05, 4.69) is 56.4 Å². The van der Waals surface area contributed by atoms with Crippen LogP contribution in [0, 0.1) is 13.8 Å². The van der Waals surface area contributed by atoms with E-state index in [-0.39, 0.29) is 0 Å². The van der Waals surface area contributed by atoms with Crippen molar-refractivity contribution in [3.63, 3.8) is 0 Å². The Balaban J connectivity index is 1.94. The molecule has 0 bridgehead atoms. The van der Waals surface area contributed by atoms with Gasteiger partial charge in [0, 0.05) is 12.6 Å². The Labute approximate surface area is 128 Å². The van der Waals surface area contributed by atoms with Gasteiger partial charge in [-0.05, 0) is 44.4 Å². The number of para-hydroxylation sites is 1. The lowest BCUT2D eigenvalue weighted by Gasteiger charge is -2.16. The first-order chi connectivity index (χ1) is 10.1. The molecule has 0 saturated carbocycles. The van der Waals surface area contributed by atoms with E-state index in [1.807, 2.05) is 12.1 Å². The van der Waals surface area contributed by atoms with Crippen LogP contribution < -0.4 is 10.1 Å². The van der Waals surface area contributed by atoms with Crippen molar-refractivity contribution >= 4 is 0 Å². The summed E-state index contributed by atoms with van der Waals surface area (Å²) < 4.78 is 5.41. The molecule has 2 aromatic carbocycles. The van der Waals surface area contributed by atoms with Crippen LogP contribution in [0.15, 0.2) is 42.5 Å². The van der Waals surface area contributed by atoms with Crippen LogP contribution in [-0.2, 0) is 13.0 Å². The van der Waals surface area contributed by atoms with Crippen molar-refractivity contribution in [2.75, 3.05) is 7.11 Å². The van der Waals surface area contributed by atoms with Gasteiger partial charge in [-0.3, -0.25) is 0 Å². The first-order valence-electron chi connectivity index (χ1n) is 7.51. The van der Waals surface area contributed by atoms with Gasteiger partial charge >= 0.3 is 0 Å². The number of methoxy groups -OCH3 is 1. The molecule has 112 valence electrons. The minimum absolute atomic E-state index is 0.405. The second-order valence-corrected chi connectivity index (χ2v) is 5.79. The normalized spacial score (nSPS) is 12.2. The standard InChI is InChI=1S/C19H25NO/c1-14-9-15(2)11-17(10-14)13-20-16(3)12-18-7-5-6-8-19(18)21-4/h5-11,16,20H,12-13H2,1-4H3. The molecular weight excluding hydrogens is 258 g/mol. The topological polar surface area (TPSA) is 21.3 Å². The van der Waals surface area contributed by atoms with Crippen LogP contribution in [-0.4, -0.2) is 13.2 Å². The van der Waals surface area contributed by atoms with Crippen LogP contribution >= 0.6 is 0 Å². The van der Waals surface area contributed by atoms with Gasteiger partial charge in [0.1, 0.15) is 5.75 Å². The van der Waals surface area contributed by atoms with Gasteiger partial charge in [0.2, 0.25) is 0 Å². The summed E-state index contributed by atoms with van der Waals surface area (Å²) in [5.41, 5.74) is 5.24. The zero-order chi connectivity index (χ0) is 15.2. The van der Waals surface area contributed by atoms with Crippen LogP contribution in [0.5, 0.6) is 5.75 Å². The molecule has 0 amide bonds. The lowest BCUT2D eigenvalue weighted by atomic mass is 10.0. The Morgan fingerprint density at radius 3 is 2.38 bits per heavy atom. The Kier molecular flexibility index (Phi) is 5.40. The third-order valence-electron chi connectivity index (χ3n) is 3.65. The van der Waals surface area contributed by atoms with Crippen molar-refractivity contribution in [2.24, 2.45) is 0 Å². The Morgan fingerprint density at radius 2 is 1.71 bits per heavy atom. The van der Waals surface area contributed by atoms with Gasteiger partial charge in [0.05, 0.1) is 7.11 Å². The predicted octanol–water partition coefficient (Wildman–Crippen LogP) is 4.03. The summed E-state index contributed by atoms with van der Waals surface area (Å²) in [7, 11) is 1.73. The number of nitrogens with one attached hydrogen (secondary N) is 1. The molecule has 0 aliphatic carbocycles. The molecule has 0 aromatic heterocycles. The lowest BCUT2D eigenvalue weighted by Crippen LogP contribution is -2.27. The highest BCUT2D eigenvalue weighted by molar-refractivity contribution is 5.34. The van der Waals surface area contributed by atoms with E-state index in [0.717, 1.165) is 18.7 Å². The molecule has 1 N–H and O–H groups in total. The van der Waals surface area contributed by atoms with E-state index in [9.17, 15) is 0 Å². The second-order valence-electron chi connectivity index (χ2n) is 5.79. The molecule has 0 spiro atoms. The van der Waals surface area contributed by atoms with Gasteiger partial charge in [-0.2, -0.15) is 0 Å². The molecule has 2 nitrogen and oxygen atoms in total. The molecule has 0 aliphatic heterocycles. The summed E-state index contributed by atoms with van der Waals surface area (Å²) in [5.74, 6) is 0.970. The molecule has 2 heteroatoms. The molecule has 1 atom stereocenters. The van der Waals surface area contributed by atoms with Crippen LogP contribution in [0.2, 0.25) is 0 Å². The third kappa shape index (κ3) is 4.61. The number of benzene rings is 2. The summed E-state index contributed by atoms with van der Waals surface area (Å²) >= 11 is 0. The molecule has 1 unspecified atom stereocenters. The van der Waals surface area contributed by atoms with Crippen molar-refractivity contribution in [1.82, 2.24) is 5.32 Å². The molecule has 2 aromatic rings. The quantitative estimate of drug-likeness (QED) is 0.864. The Hall–Kier alpha value is -1.80. The minimum atomic E-state index is 0.405. The highest BCUT2D eigenvalue weighted by Crippen LogP contribution is 2.19. The van der Waals surface area contributed by atoms with Crippen LogP contribution in [0.4, 0.5) is 0 Å². The van der Waals surface area contributed by atoms with E-state index in [1.54, 1.807) is 7.11 Å². The fourth-order valence-corrected chi connectivity index (χ4v) is 2.74. The Morgan fingerprint density at radius 1 is 1.05 bits per heavy atom. The van der Waals surface area contributed by atoms with Gasteiger partial charge in [-0.1, -0.05) is 47.5 Å². The van der Waals surface area contributed by atoms with Crippen molar-refractivity contribution in [1.29, 1.82) is 0 Å². The smallest absolute Gasteiger partial charge is 0.122 e. The summed E-state index contributed by atoms with van der Waals surface area (Å²) in [4.78, 5) is 0. The van der Waals surface area contributed by atoms with E-state index >= 15 is 0 Å². The Bertz CT molecular complexity index is 572. The molecule has 0 heterocycles. The second kappa shape index (κ2) is 7.28. The SMILES string of the molecule is COc1ccccc1CC(C)NCc1cc(C)cc(C)c1. The van der Waals surface area contributed by atoms with Crippen molar-refractivity contribution in [3.05, 3.63) is 64.7 Å².